The summed E-state index contributed by atoms with van der Waals surface area (Å²) >= 11 is 0. The predicted octanol–water partition coefficient (Wildman–Crippen LogP) is 3.54. The molecular weight excluding hydrogens is 382 g/mol. The van der Waals surface area contributed by atoms with E-state index in [1.54, 1.807) is 24.3 Å². The van der Waals surface area contributed by atoms with E-state index in [1.165, 1.54) is 11.8 Å². The van der Waals surface area contributed by atoms with Crippen LogP contribution >= 0.6 is 0 Å². The van der Waals surface area contributed by atoms with Gasteiger partial charge in [0.2, 0.25) is 11.8 Å². The summed E-state index contributed by atoms with van der Waals surface area (Å²) in [6, 6.07) is 13.9. The molecule has 0 spiro atoms. The monoisotopic (exact) mass is 409 g/mol. The number of benzene rings is 2. The van der Waals surface area contributed by atoms with Crippen molar-refractivity contribution in [3.63, 3.8) is 0 Å². The summed E-state index contributed by atoms with van der Waals surface area (Å²) in [6.45, 7) is 7.41. The Hall–Kier alpha value is -3.35. The number of cyclic esters (lactones) is 1. The molecule has 1 aliphatic heterocycles. The van der Waals surface area contributed by atoms with Crippen molar-refractivity contribution in [3.8, 4) is 0 Å². The van der Waals surface area contributed by atoms with E-state index in [-0.39, 0.29) is 24.4 Å². The molecule has 30 heavy (non-hydrogen) atoms. The first-order valence-corrected chi connectivity index (χ1v) is 9.95. The Morgan fingerprint density at radius 2 is 1.83 bits per heavy atom. The summed E-state index contributed by atoms with van der Waals surface area (Å²) in [4.78, 5) is 38.7. The lowest BCUT2D eigenvalue weighted by atomic mass is 9.99. The molecule has 2 aromatic carbocycles. The van der Waals surface area contributed by atoms with E-state index in [0.29, 0.717) is 11.3 Å². The average molecular weight is 409 g/mol. The second kappa shape index (κ2) is 8.98. The van der Waals surface area contributed by atoms with E-state index in [4.69, 9.17) is 4.74 Å². The quantitative estimate of drug-likeness (QED) is 0.764. The van der Waals surface area contributed by atoms with Crippen LogP contribution in [0, 0.1) is 6.92 Å². The Labute approximate surface area is 176 Å². The third-order valence-corrected chi connectivity index (χ3v) is 4.79. The average Bonchev–Trinajstić information content (AvgIpc) is 2.99. The fourth-order valence-corrected chi connectivity index (χ4v) is 3.47. The van der Waals surface area contributed by atoms with Gasteiger partial charge in [0.15, 0.2) is 12.1 Å². The van der Waals surface area contributed by atoms with Crippen molar-refractivity contribution >= 4 is 23.6 Å². The molecule has 7 heteroatoms. The highest BCUT2D eigenvalue weighted by Crippen LogP contribution is 2.35. The minimum absolute atomic E-state index is 0.0826. The zero-order valence-electron chi connectivity index (χ0n) is 17.6. The van der Waals surface area contributed by atoms with Gasteiger partial charge in [-0.05, 0) is 44.0 Å². The first kappa shape index (κ1) is 21.4. The summed E-state index contributed by atoms with van der Waals surface area (Å²) < 4.78 is 5.64. The highest BCUT2D eigenvalue weighted by atomic mass is 16.6. The van der Waals surface area contributed by atoms with Crippen LogP contribution in [0.5, 0.6) is 0 Å². The molecule has 2 atom stereocenters. The molecule has 7 nitrogen and oxygen atoms in total. The molecule has 0 aliphatic carbocycles. The van der Waals surface area contributed by atoms with Crippen LogP contribution in [0.1, 0.15) is 43.6 Å². The number of carbonyl (C=O) groups is 3. The zero-order valence-corrected chi connectivity index (χ0v) is 17.6. The van der Waals surface area contributed by atoms with Gasteiger partial charge in [0.05, 0.1) is 6.54 Å². The number of hydrogen-bond donors (Lipinski definition) is 2. The molecular formula is C23H27N3O4. The van der Waals surface area contributed by atoms with Crippen LogP contribution in [0.3, 0.4) is 0 Å². The minimum atomic E-state index is -0.825. The summed E-state index contributed by atoms with van der Waals surface area (Å²) in [5.41, 5.74) is 3.25. The molecule has 0 bridgehead atoms. The molecule has 1 saturated heterocycles. The highest BCUT2D eigenvalue weighted by molar-refractivity contribution is 5.90. The Morgan fingerprint density at radius 3 is 2.47 bits per heavy atom. The van der Waals surface area contributed by atoms with Crippen molar-refractivity contribution in [2.24, 2.45) is 0 Å². The first-order chi connectivity index (χ1) is 14.2. The Balaban J connectivity index is 1.93. The molecule has 1 heterocycles. The van der Waals surface area contributed by atoms with Gasteiger partial charge < -0.3 is 15.4 Å². The van der Waals surface area contributed by atoms with E-state index in [9.17, 15) is 14.4 Å². The van der Waals surface area contributed by atoms with Crippen LogP contribution in [0.4, 0.5) is 10.5 Å². The smallest absolute Gasteiger partial charge is 0.411 e. The van der Waals surface area contributed by atoms with Gasteiger partial charge in [0.1, 0.15) is 0 Å². The fourth-order valence-electron chi connectivity index (χ4n) is 3.47. The lowest BCUT2D eigenvalue weighted by molar-refractivity contribution is -0.126. The second-order valence-electron chi connectivity index (χ2n) is 7.83. The van der Waals surface area contributed by atoms with E-state index >= 15 is 0 Å². The summed E-state index contributed by atoms with van der Waals surface area (Å²) in [5, 5.41) is 5.61. The van der Waals surface area contributed by atoms with Gasteiger partial charge in [-0.25, -0.2) is 4.79 Å². The van der Waals surface area contributed by atoms with Crippen LogP contribution in [-0.2, 0) is 20.9 Å². The first-order valence-electron chi connectivity index (χ1n) is 9.95. The van der Waals surface area contributed by atoms with Gasteiger partial charge in [-0.15, -0.1) is 0 Å². The SMILES string of the molecule is CC(=O)Nc1cccc([C@@H]2OC(=O)N(Cc3ccc(C)cc3)[C@@H]2C(=O)NC(C)C)c1. The van der Waals surface area contributed by atoms with Gasteiger partial charge >= 0.3 is 6.09 Å². The van der Waals surface area contributed by atoms with Crippen molar-refractivity contribution in [3.05, 3.63) is 65.2 Å². The van der Waals surface area contributed by atoms with E-state index in [0.717, 1.165) is 11.1 Å². The maximum Gasteiger partial charge on any atom is 0.411 e. The number of ether oxygens (including phenoxy) is 1. The van der Waals surface area contributed by atoms with Crippen molar-refractivity contribution in [2.45, 2.75) is 52.4 Å². The molecule has 0 radical (unpaired) electrons. The van der Waals surface area contributed by atoms with Gasteiger partial charge in [-0.1, -0.05) is 42.0 Å². The van der Waals surface area contributed by atoms with E-state index in [2.05, 4.69) is 10.6 Å². The topological polar surface area (TPSA) is 87.7 Å². The number of rotatable bonds is 6. The molecule has 3 rings (SSSR count). The molecule has 3 amide bonds. The molecule has 0 unspecified atom stereocenters. The molecule has 2 aromatic rings. The van der Waals surface area contributed by atoms with Crippen LogP contribution in [0.25, 0.3) is 0 Å². The van der Waals surface area contributed by atoms with Crippen molar-refractivity contribution < 1.29 is 19.1 Å². The summed E-state index contributed by atoms with van der Waals surface area (Å²) in [7, 11) is 0. The summed E-state index contributed by atoms with van der Waals surface area (Å²) in [5.74, 6) is -0.483. The van der Waals surface area contributed by atoms with Gasteiger partial charge in [0, 0.05) is 18.7 Å². The number of aryl methyl sites for hydroxylation is 1. The molecule has 1 fully saturated rings. The lowest BCUT2D eigenvalue weighted by Crippen LogP contribution is -2.48. The number of carbonyl (C=O) groups excluding carboxylic acids is 3. The van der Waals surface area contributed by atoms with Crippen LogP contribution in [0.15, 0.2) is 48.5 Å². The third kappa shape index (κ3) is 4.97. The van der Waals surface area contributed by atoms with Crippen LogP contribution < -0.4 is 10.6 Å². The Bertz CT molecular complexity index is 940. The van der Waals surface area contributed by atoms with Crippen molar-refractivity contribution in [1.29, 1.82) is 0 Å². The fraction of sp³-hybridized carbons (Fsp3) is 0.348. The number of anilines is 1. The standard InChI is InChI=1S/C23H27N3O4/c1-14(2)24-22(28)20-21(18-6-5-7-19(12-18)25-16(4)27)30-23(29)26(20)13-17-10-8-15(3)9-11-17/h5-12,14,20-21H,13H2,1-4H3,(H,24,28)(H,25,27)/t20-,21-/m0/s1. The molecule has 2 N–H and O–H groups in total. The molecule has 0 saturated carbocycles. The largest absolute Gasteiger partial charge is 0.438 e. The minimum Gasteiger partial charge on any atom is -0.438 e. The van der Waals surface area contributed by atoms with Crippen LogP contribution in [0.2, 0.25) is 0 Å². The normalized spacial score (nSPS) is 18.3. The second-order valence-corrected chi connectivity index (χ2v) is 7.83. The van der Waals surface area contributed by atoms with Crippen molar-refractivity contribution in [1.82, 2.24) is 10.2 Å². The van der Waals surface area contributed by atoms with E-state index < -0.39 is 18.2 Å². The van der Waals surface area contributed by atoms with Gasteiger partial charge in [-0.3, -0.25) is 14.5 Å². The Kier molecular flexibility index (Phi) is 6.40. The molecule has 1 aliphatic rings. The molecule has 158 valence electrons. The maximum atomic E-state index is 13.0. The lowest BCUT2D eigenvalue weighted by Gasteiger charge is -2.25. The number of nitrogens with zero attached hydrogens (tertiary/aromatic N) is 1. The highest BCUT2D eigenvalue weighted by Gasteiger charge is 2.47. The number of nitrogens with one attached hydrogen (secondary N) is 2. The number of amides is 3. The Morgan fingerprint density at radius 1 is 1.13 bits per heavy atom. The van der Waals surface area contributed by atoms with E-state index in [1.807, 2.05) is 45.0 Å². The van der Waals surface area contributed by atoms with Crippen LogP contribution in [-0.4, -0.2) is 34.9 Å². The number of hydrogen-bond acceptors (Lipinski definition) is 4. The third-order valence-electron chi connectivity index (χ3n) is 4.79. The van der Waals surface area contributed by atoms with Gasteiger partial charge in [0.25, 0.3) is 0 Å². The van der Waals surface area contributed by atoms with Crippen molar-refractivity contribution in [2.75, 3.05) is 5.32 Å². The maximum absolute atomic E-state index is 13.0. The van der Waals surface area contributed by atoms with Gasteiger partial charge in [-0.2, -0.15) is 0 Å². The summed E-state index contributed by atoms with van der Waals surface area (Å²) in [6.07, 6.45) is -1.33. The zero-order chi connectivity index (χ0) is 21.8. The predicted molar refractivity (Wildman–Crippen MR) is 114 cm³/mol. The molecule has 0 aromatic heterocycles.